The van der Waals surface area contributed by atoms with E-state index in [1.165, 1.54) is 18.8 Å². The van der Waals surface area contributed by atoms with Gasteiger partial charge in [-0.2, -0.15) is 13.2 Å². The lowest BCUT2D eigenvalue weighted by molar-refractivity contribution is -0.192. The van der Waals surface area contributed by atoms with Gasteiger partial charge in [0.25, 0.3) is 0 Å². The summed E-state index contributed by atoms with van der Waals surface area (Å²) in [6, 6.07) is 0. The van der Waals surface area contributed by atoms with Gasteiger partial charge < -0.3 is 15.3 Å². The molecule has 2 fully saturated rings. The molecular weight excluding hydrogens is 289 g/mol. The van der Waals surface area contributed by atoms with E-state index in [4.69, 9.17) is 14.7 Å². The number of halogens is 3. The highest BCUT2D eigenvalue weighted by Crippen LogP contribution is 2.53. The number of rotatable bonds is 1. The number of hydrogen-bond donors (Lipinski definition) is 2. The molecule has 1 aliphatic carbocycles. The molecule has 0 aromatic carbocycles. The molecule has 21 heavy (non-hydrogen) atoms. The Labute approximate surface area is 120 Å². The number of carbonyl (C=O) groups is 1. The minimum atomic E-state index is -5.08. The Bertz CT molecular complexity index is 452. The van der Waals surface area contributed by atoms with Gasteiger partial charge in [0.05, 0.1) is 5.71 Å². The van der Waals surface area contributed by atoms with Crippen molar-refractivity contribution in [1.82, 2.24) is 5.32 Å². The maximum Gasteiger partial charge on any atom is 0.490 e. The van der Waals surface area contributed by atoms with Crippen LogP contribution < -0.4 is 5.32 Å². The lowest BCUT2D eigenvalue weighted by Gasteiger charge is -2.21. The van der Waals surface area contributed by atoms with E-state index < -0.39 is 12.1 Å². The second-order valence-corrected chi connectivity index (χ2v) is 6.25. The van der Waals surface area contributed by atoms with Gasteiger partial charge in [-0.3, -0.25) is 0 Å². The number of alkyl halides is 3. The third kappa shape index (κ3) is 3.14. The monoisotopic (exact) mass is 308 g/mol. The summed E-state index contributed by atoms with van der Waals surface area (Å²) in [5, 5.41) is 14.8. The molecule has 0 aromatic heterocycles. The van der Waals surface area contributed by atoms with Crippen molar-refractivity contribution < 1.29 is 27.9 Å². The zero-order valence-corrected chi connectivity index (χ0v) is 12.1. The van der Waals surface area contributed by atoms with Crippen molar-refractivity contribution in [1.29, 1.82) is 0 Å². The molecule has 8 heteroatoms. The predicted octanol–water partition coefficient (Wildman–Crippen LogP) is 1.89. The molecule has 5 nitrogen and oxygen atoms in total. The van der Waals surface area contributed by atoms with Crippen LogP contribution in [-0.2, 0) is 9.63 Å². The Morgan fingerprint density at radius 3 is 2.19 bits per heavy atom. The lowest BCUT2D eigenvalue weighted by atomic mass is 9.86. The average molecular weight is 308 g/mol. The van der Waals surface area contributed by atoms with E-state index in [0.717, 1.165) is 17.8 Å². The lowest BCUT2D eigenvalue weighted by Crippen LogP contribution is -2.32. The van der Waals surface area contributed by atoms with Gasteiger partial charge in [-0.25, -0.2) is 4.79 Å². The van der Waals surface area contributed by atoms with Crippen LogP contribution in [0.4, 0.5) is 13.2 Å². The zero-order chi connectivity index (χ0) is 16.0. The largest absolute Gasteiger partial charge is 0.490 e. The summed E-state index contributed by atoms with van der Waals surface area (Å²) in [7, 11) is 0. The van der Waals surface area contributed by atoms with Gasteiger partial charge in [0, 0.05) is 11.8 Å². The molecule has 0 bridgehead atoms. The zero-order valence-electron chi connectivity index (χ0n) is 12.1. The number of piperidine rings is 1. The maximum absolute atomic E-state index is 10.6. The van der Waals surface area contributed by atoms with Crippen LogP contribution in [0.5, 0.6) is 0 Å². The Morgan fingerprint density at radius 2 is 1.86 bits per heavy atom. The molecule has 3 aliphatic rings. The van der Waals surface area contributed by atoms with E-state index in [1.807, 2.05) is 0 Å². The Kier molecular flexibility index (Phi) is 3.94. The van der Waals surface area contributed by atoms with E-state index in [1.54, 1.807) is 0 Å². The fraction of sp³-hybridized carbons (Fsp3) is 0.846. The van der Waals surface area contributed by atoms with Crippen molar-refractivity contribution in [3.63, 3.8) is 0 Å². The van der Waals surface area contributed by atoms with Gasteiger partial charge in [0.2, 0.25) is 0 Å². The van der Waals surface area contributed by atoms with Crippen molar-refractivity contribution in [2.45, 2.75) is 32.5 Å². The van der Waals surface area contributed by atoms with Crippen molar-refractivity contribution in [3.8, 4) is 0 Å². The fourth-order valence-corrected chi connectivity index (χ4v) is 2.89. The van der Waals surface area contributed by atoms with E-state index in [2.05, 4.69) is 31.2 Å². The summed E-state index contributed by atoms with van der Waals surface area (Å²) in [6.45, 7) is 8.87. The number of oxime groups is 1. The number of carboxylic acids is 1. The number of hydrogen-bond acceptors (Lipinski definition) is 4. The Balaban J connectivity index is 0.000000199. The van der Waals surface area contributed by atoms with Crippen molar-refractivity contribution >= 4 is 11.7 Å². The molecule has 4 atom stereocenters. The minimum Gasteiger partial charge on any atom is -0.475 e. The molecule has 2 aliphatic heterocycles. The molecule has 1 saturated carbocycles. The number of nitrogens with one attached hydrogen (secondary N) is 1. The molecule has 1 saturated heterocycles. The first kappa shape index (κ1) is 16.1. The summed E-state index contributed by atoms with van der Waals surface area (Å²) >= 11 is 0. The molecule has 0 radical (unpaired) electrons. The van der Waals surface area contributed by atoms with Gasteiger partial charge >= 0.3 is 12.1 Å². The third-order valence-electron chi connectivity index (χ3n) is 4.55. The molecular formula is C13H19F3N2O3. The maximum atomic E-state index is 10.6. The summed E-state index contributed by atoms with van der Waals surface area (Å²) < 4.78 is 31.7. The standard InChI is InChI=1S/C11H18N2O.C2HF3O2/c1-6-10(13-14-11(6,2)3)9-7-4-12-5-8(7)9;3-2(4,5)1(6)7/h6-9,12H,4-5H2,1-3H3;(H,6,7)/t6?,7-,8+,9?;. The van der Waals surface area contributed by atoms with E-state index in [0.29, 0.717) is 5.92 Å². The quantitative estimate of drug-likeness (QED) is 0.776. The summed E-state index contributed by atoms with van der Waals surface area (Å²) in [5.41, 5.74) is 1.24. The highest BCUT2D eigenvalue weighted by molar-refractivity contribution is 5.93. The molecule has 3 rings (SSSR count). The van der Waals surface area contributed by atoms with Crippen molar-refractivity contribution in [2.75, 3.05) is 13.1 Å². The van der Waals surface area contributed by atoms with Crippen molar-refractivity contribution in [2.24, 2.45) is 28.8 Å². The van der Waals surface area contributed by atoms with E-state index >= 15 is 0 Å². The fourth-order valence-electron chi connectivity index (χ4n) is 2.89. The van der Waals surface area contributed by atoms with Gasteiger partial charge in [-0.15, -0.1) is 0 Å². The number of nitrogens with zero attached hydrogens (tertiary/aromatic N) is 1. The van der Waals surface area contributed by atoms with Crippen LogP contribution in [-0.4, -0.2) is 41.7 Å². The third-order valence-corrected chi connectivity index (χ3v) is 4.55. The summed E-state index contributed by atoms with van der Waals surface area (Å²) in [5.74, 6) is 0.168. The molecule has 0 spiro atoms. The predicted molar refractivity (Wildman–Crippen MR) is 68.8 cm³/mol. The topological polar surface area (TPSA) is 70.9 Å². The van der Waals surface area contributed by atoms with Gasteiger partial charge in [-0.1, -0.05) is 12.1 Å². The SMILES string of the molecule is CC1C(C2[C@H]3CNC[C@@H]23)=NOC1(C)C.O=C(O)C(F)(F)F. The number of carboxylic acid groups (broad SMARTS) is 1. The molecule has 2 N–H and O–H groups in total. The Morgan fingerprint density at radius 1 is 1.38 bits per heavy atom. The van der Waals surface area contributed by atoms with Crippen LogP contribution >= 0.6 is 0 Å². The summed E-state index contributed by atoms with van der Waals surface area (Å²) in [6.07, 6.45) is -5.08. The first-order valence-corrected chi connectivity index (χ1v) is 6.82. The van der Waals surface area contributed by atoms with Crippen molar-refractivity contribution in [3.05, 3.63) is 0 Å². The smallest absolute Gasteiger partial charge is 0.475 e. The van der Waals surface area contributed by atoms with Gasteiger partial charge in [-0.05, 0) is 38.8 Å². The van der Waals surface area contributed by atoms with Gasteiger partial charge in [0.1, 0.15) is 5.60 Å². The average Bonchev–Trinajstić information content (AvgIpc) is 2.70. The number of fused-ring (bicyclic) bond motifs is 1. The minimum absolute atomic E-state index is 0.0837. The first-order chi connectivity index (χ1) is 9.55. The van der Waals surface area contributed by atoms with Crippen LogP contribution in [0.3, 0.4) is 0 Å². The van der Waals surface area contributed by atoms with Crippen LogP contribution in [0, 0.1) is 23.7 Å². The molecule has 120 valence electrons. The van der Waals surface area contributed by atoms with E-state index in [9.17, 15) is 13.2 Å². The first-order valence-electron chi connectivity index (χ1n) is 6.82. The van der Waals surface area contributed by atoms with E-state index in [-0.39, 0.29) is 5.60 Å². The van der Waals surface area contributed by atoms with Crippen LogP contribution in [0.25, 0.3) is 0 Å². The second kappa shape index (κ2) is 5.15. The second-order valence-electron chi connectivity index (χ2n) is 6.25. The molecule has 2 unspecified atom stereocenters. The Hall–Kier alpha value is -1.31. The summed E-state index contributed by atoms with van der Waals surface area (Å²) in [4.78, 5) is 14.4. The highest BCUT2D eigenvalue weighted by Gasteiger charge is 2.59. The highest BCUT2D eigenvalue weighted by atomic mass is 19.4. The molecule has 0 aromatic rings. The molecule has 2 heterocycles. The van der Waals surface area contributed by atoms with Gasteiger partial charge in [0.15, 0.2) is 0 Å². The van der Waals surface area contributed by atoms with Crippen LogP contribution in [0.2, 0.25) is 0 Å². The van der Waals surface area contributed by atoms with Crippen LogP contribution in [0.15, 0.2) is 5.16 Å². The van der Waals surface area contributed by atoms with Crippen LogP contribution in [0.1, 0.15) is 20.8 Å². The number of aliphatic carboxylic acids is 1. The molecule has 0 amide bonds. The normalized spacial score (nSPS) is 36.0.